The molecule has 0 aliphatic rings. The van der Waals surface area contributed by atoms with E-state index in [1.54, 1.807) is 10.8 Å². The second-order valence-electron chi connectivity index (χ2n) is 4.00. The van der Waals surface area contributed by atoms with Crippen LogP contribution in [0.1, 0.15) is 1.37 Å². The van der Waals surface area contributed by atoms with Crippen LogP contribution in [0, 0.1) is 21.9 Å². The fourth-order valence-electron chi connectivity index (χ4n) is 1.64. The van der Waals surface area contributed by atoms with Gasteiger partial charge in [0.15, 0.2) is 11.6 Å². The summed E-state index contributed by atoms with van der Waals surface area (Å²) in [5.74, 6) is -1.47. The summed E-state index contributed by atoms with van der Waals surface area (Å²) in [5, 5.41) is 2.64. The Labute approximate surface area is 191 Å². The number of fused-ring (bicyclic) bond motifs is 2. The van der Waals surface area contributed by atoms with E-state index >= 15 is 0 Å². The van der Waals surface area contributed by atoms with Gasteiger partial charge in [0.1, 0.15) is 0 Å². The quantitative estimate of drug-likeness (QED) is 0.117. The molecule has 0 spiro atoms. The summed E-state index contributed by atoms with van der Waals surface area (Å²) in [7, 11) is 3.34. The molecule has 0 aromatic carbocycles. The molecule has 0 amide bonds. The summed E-state index contributed by atoms with van der Waals surface area (Å²) in [6, 6.07) is 0. The van der Waals surface area contributed by atoms with Crippen molar-refractivity contribution in [3.8, 4) is 0 Å². The van der Waals surface area contributed by atoms with Crippen LogP contribution in [0.3, 0.4) is 0 Å². The number of alkyl halides is 1. The summed E-state index contributed by atoms with van der Waals surface area (Å²) in [4.78, 5) is 0. The van der Waals surface area contributed by atoms with E-state index in [0.29, 0.717) is 24.0 Å². The average Bonchev–Trinajstić information content (AvgIpc) is 3.33. The first-order valence-electron chi connectivity index (χ1n) is 6.84. The molecule has 0 unspecified atom stereocenters. The third-order valence-electron chi connectivity index (χ3n) is 2.60. The molecule has 1 radical (unpaired) electrons. The van der Waals surface area contributed by atoms with Gasteiger partial charge in [0.25, 0.3) is 0 Å². The first-order chi connectivity index (χ1) is 13.2. The molecule has 0 saturated heterocycles. The second-order valence-corrected chi connectivity index (χ2v) is 10.6. The van der Waals surface area contributed by atoms with Gasteiger partial charge in [0.05, 0.1) is 30.9 Å². The molecule has 27 heavy (non-hydrogen) atoms. The molecule has 0 aliphatic heterocycles. The van der Waals surface area contributed by atoms with Gasteiger partial charge >= 0.3 is 24.8 Å². The molecule has 0 N–H and O–H groups in total. The van der Waals surface area contributed by atoms with Crippen molar-refractivity contribution in [2.45, 2.75) is 0 Å². The molecule has 0 fully saturated rings. The van der Waals surface area contributed by atoms with Gasteiger partial charge in [-0.15, -0.1) is 34.0 Å². The van der Waals surface area contributed by atoms with Crippen LogP contribution in [-0.2, 0) is 0 Å². The molecule has 0 aliphatic carbocycles. The molecule has 0 atom stereocenters. The summed E-state index contributed by atoms with van der Waals surface area (Å²) in [5.41, 5.74) is 0. The second kappa shape index (κ2) is 12.0. The molecule has 4 rings (SSSR count). The van der Waals surface area contributed by atoms with Gasteiger partial charge < -0.3 is 0 Å². The van der Waals surface area contributed by atoms with Crippen LogP contribution in [0.25, 0.3) is 20.2 Å². The van der Waals surface area contributed by atoms with Crippen LogP contribution >= 0.6 is 90.0 Å². The predicted molar refractivity (Wildman–Crippen MR) is 119 cm³/mol. The molecule has 0 bridgehead atoms. The number of hydrogen-bond acceptors (Lipinski definition) is 6. The van der Waals surface area contributed by atoms with E-state index in [1.807, 2.05) is 0 Å². The van der Waals surface area contributed by atoms with Gasteiger partial charge in [0.2, 0.25) is 10.3 Å². The van der Waals surface area contributed by atoms with Crippen LogP contribution in [-0.4, -0.2) is 14.8 Å². The van der Waals surface area contributed by atoms with Crippen LogP contribution in [0.15, 0.2) is 22.6 Å². The first-order valence-corrected chi connectivity index (χ1v) is 11.5. The Balaban J connectivity index is 0.000000222. The molecule has 4 heterocycles. The normalized spacial score (nSPS) is 10.3. The van der Waals surface area contributed by atoms with Crippen molar-refractivity contribution in [1.29, 1.82) is 0 Å². The van der Waals surface area contributed by atoms with Crippen molar-refractivity contribution in [2.24, 2.45) is 4.30 Å². The Morgan fingerprint density at radius 2 is 1.59 bits per heavy atom. The monoisotopic (exact) mass is 601 g/mol. The zero-order valence-corrected chi connectivity index (χ0v) is 19.9. The van der Waals surface area contributed by atoms with Crippen molar-refractivity contribution in [2.75, 3.05) is 7.15 Å². The van der Waals surface area contributed by atoms with E-state index in [0.717, 1.165) is 26.5 Å². The Hall–Kier alpha value is 0.145. The summed E-state index contributed by atoms with van der Waals surface area (Å²) in [6.45, 7) is 0. The van der Waals surface area contributed by atoms with E-state index in [9.17, 15) is 22.0 Å². The van der Waals surface area contributed by atoms with Gasteiger partial charge in [-0.2, -0.15) is 20.1 Å². The van der Waals surface area contributed by atoms with E-state index in [1.165, 1.54) is 22.7 Å². The fourth-order valence-corrected chi connectivity index (χ4v) is 7.69. The van der Waals surface area contributed by atoms with Crippen molar-refractivity contribution in [3.63, 3.8) is 0 Å². The molecule has 4 aromatic rings. The Kier molecular flexibility index (Phi) is 10.4. The van der Waals surface area contributed by atoms with Crippen molar-refractivity contribution < 1.29 is 23.3 Å². The minimum absolute atomic E-state index is 0.342. The number of thiol groups is 1. The fraction of sp³-hybridized carbons (Fsp3) is 0.0769. The van der Waals surface area contributed by atoms with E-state index in [-0.39, 0.29) is 0 Å². The zero-order chi connectivity index (χ0) is 21.4. The van der Waals surface area contributed by atoms with E-state index in [4.69, 9.17) is 1.37 Å². The first kappa shape index (κ1) is 23.4. The third-order valence-corrected chi connectivity index (χ3v) is 8.30. The van der Waals surface area contributed by atoms with Crippen molar-refractivity contribution in [1.82, 2.24) is 0 Å². The zero-order valence-electron chi connectivity index (χ0n) is 13.6. The Bertz CT molecular complexity index is 1050. The minimum atomic E-state index is -1.00. The van der Waals surface area contributed by atoms with Crippen LogP contribution in [0.2, 0.25) is 0 Å². The van der Waals surface area contributed by atoms with Gasteiger partial charge in [-0.05, 0) is 31.9 Å². The number of thiophene rings is 4. The molecule has 4 aromatic heterocycles. The van der Waals surface area contributed by atoms with E-state index in [2.05, 4.69) is 56.6 Å². The number of halogens is 7. The molecule has 14 heteroatoms. The molecule has 145 valence electrons. The standard InChI is InChI=1S/C6Br2F2S2.C6H2F2S2.CH3F.BHNS/c7-4-1-2(9)6(10)11-3(1)5(8)12-4;7-5-3-1-9-2-4(3)10-6(5)8;1-2;1-2-3/h;1-2H;1H3;3H/i;;1D;. The predicted octanol–water partition coefficient (Wildman–Crippen LogP) is 8.78. The molecule has 1 nitrogen and oxygen atoms in total. The number of nitrogens with zero attached hydrogens (tertiary/aromatic N) is 1. The molecule has 0 saturated carbocycles. The SMILES string of the molecule is Fc1sc2c(Br)sc(Br)c2c1F.Fc1sc2cscc2c1F.[2H]CF.[B]=NS. The van der Waals surface area contributed by atoms with Gasteiger partial charge in [-0.3, -0.25) is 4.39 Å². The topological polar surface area (TPSA) is 12.4 Å². The average molecular weight is 603 g/mol. The third kappa shape index (κ3) is 6.06. The molecular formula is C13H6BBr2F5NS5. The maximum absolute atomic E-state index is 13.0. The summed E-state index contributed by atoms with van der Waals surface area (Å²) in [6.07, 6.45) is 0. The van der Waals surface area contributed by atoms with Crippen molar-refractivity contribution in [3.05, 3.63) is 40.2 Å². The van der Waals surface area contributed by atoms with Gasteiger partial charge in [0, 0.05) is 16.1 Å². The summed E-state index contributed by atoms with van der Waals surface area (Å²) >= 11 is 14.0. The van der Waals surface area contributed by atoms with Crippen molar-refractivity contribution >= 4 is 118 Å². The number of hydrogen-bond donors (Lipinski definition) is 1. The van der Waals surface area contributed by atoms with Crippen LogP contribution < -0.4 is 0 Å². The van der Waals surface area contributed by atoms with Gasteiger partial charge in [-0.1, -0.05) is 0 Å². The summed E-state index contributed by atoms with van der Waals surface area (Å²) < 4.78 is 71.7. The van der Waals surface area contributed by atoms with Crippen LogP contribution in [0.5, 0.6) is 0 Å². The Morgan fingerprint density at radius 3 is 2.11 bits per heavy atom. The maximum atomic E-state index is 13.0. The molecular weight excluding hydrogens is 596 g/mol. The van der Waals surface area contributed by atoms with Gasteiger partial charge in [-0.25, -0.2) is 8.78 Å². The number of rotatable bonds is 0. The van der Waals surface area contributed by atoms with E-state index < -0.39 is 29.0 Å². The van der Waals surface area contributed by atoms with Crippen LogP contribution in [0.4, 0.5) is 22.0 Å². The Morgan fingerprint density at radius 1 is 1.04 bits per heavy atom.